The van der Waals surface area contributed by atoms with Crippen molar-refractivity contribution in [3.05, 3.63) is 29.3 Å². The van der Waals surface area contributed by atoms with Crippen LogP contribution in [0.1, 0.15) is 31.9 Å². The third-order valence-electron chi connectivity index (χ3n) is 4.55. The molecule has 1 N–H and O–H groups in total. The summed E-state index contributed by atoms with van der Waals surface area (Å²) in [5.41, 5.74) is 2.58. The molecule has 2 rings (SSSR count). The van der Waals surface area contributed by atoms with Crippen LogP contribution in [0.2, 0.25) is 0 Å². The van der Waals surface area contributed by atoms with Crippen molar-refractivity contribution in [1.29, 1.82) is 0 Å². The van der Waals surface area contributed by atoms with Crippen molar-refractivity contribution >= 4 is 0 Å². The minimum Gasteiger partial charge on any atom is -0.494 e. The molecule has 0 atom stereocenters. The predicted octanol–water partition coefficient (Wildman–Crippen LogP) is 2.66. The zero-order valence-corrected chi connectivity index (χ0v) is 12.7. The number of likely N-dealkylation sites (N-methyl/N-ethyl adjacent to an activating group) is 1. The monoisotopic (exact) mass is 263 g/mol. The number of aryl methyl sites for hydroxylation is 1. The molecular weight excluding hydrogens is 238 g/mol. The normalized spacial score (nSPS) is 17.9. The van der Waals surface area contributed by atoms with Crippen molar-refractivity contribution in [3.8, 4) is 5.75 Å². The Morgan fingerprint density at radius 1 is 1.37 bits per heavy atom. The van der Waals surface area contributed by atoms with E-state index < -0.39 is 0 Å². The van der Waals surface area contributed by atoms with Crippen LogP contribution < -0.4 is 10.1 Å². The summed E-state index contributed by atoms with van der Waals surface area (Å²) in [6.07, 6.45) is 0. The van der Waals surface area contributed by atoms with Gasteiger partial charge in [-0.3, -0.25) is 0 Å². The van der Waals surface area contributed by atoms with E-state index in [0.29, 0.717) is 6.61 Å². The van der Waals surface area contributed by atoms with Gasteiger partial charge in [-0.1, -0.05) is 12.1 Å². The van der Waals surface area contributed by atoms with Crippen LogP contribution in [0.3, 0.4) is 0 Å². The highest BCUT2D eigenvalue weighted by molar-refractivity contribution is 5.42. The Bertz CT molecular complexity index is 450. The van der Waals surface area contributed by atoms with Gasteiger partial charge >= 0.3 is 0 Å². The van der Waals surface area contributed by atoms with E-state index in [2.05, 4.69) is 44.3 Å². The predicted molar refractivity (Wildman–Crippen MR) is 78.0 cm³/mol. The van der Waals surface area contributed by atoms with E-state index in [9.17, 15) is 0 Å². The van der Waals surface area contributed by atoms with Crippen molar-refractivity contribution in [2.45, 2.75) is 38.6 Å². The van der Waals surface area contributed by atoms with Gasteiger partial charge in [-0.25, -0.2) is 0 Å². The van der Waals surface area contributed by atoms with Gasteiger partial charge in [0.05, 0.1) is 25.2 Å². The van der Waals surface area contributed by atoms with Crippen molar-refractivity contribution in [1.82, 2.24) is 5.32 Å². The number of rotatable bonds is 5. The van der Waals surface area contributed by atoms with Crippen LogP contribution in [0.25, 0.3) is 0 Å². The van der Waals surface area contributed by atoms with E-state index in [0.717, 1.165) is 19.0 Å². The first kappa shape index (κ1) is 14.4. The molecule has 0 amide bonds. The minimum atomic E-state index is 0.00478. The number of hydrogen-bond donors (Lipinski definition) is 1. The topological polar surface area (TPSA) is 30.5 Å². The number of ether oxygens (including phenoxy) is 2. The third kappa shape index (κ3) is 2.26. The molecule has 1 saturated heterocycles. The van der Waals surface area contributed by atoms with E-state index >= 15 is 0 Å². The second-order valence-corrected chi connectivity index (χ2v) is 5.86. The molecule has 1 aliphatic heterocycles. The lowest BCUT2D eigenvalue weighted by Gasteiger charge is -2.53. The van der Waals surface area contributed by atoms with Gasteiger partial charge in [-0.05, 0) is 51.9 Å². The van der Waals surface area contributed by atoms with E-state index in [4.69, 9.17) is 9.47 Å². The molecule has 1 aromatic rings. The molecule has 0 unspecified atom stereocenters. The fraction of sp³-hybridized carbons (Fsp3) is 0.625. The first-order valence-corrected chi connectivity index (χ1v) is 6.97. The lowest BCUT2D eigenvalue weighted by Crippen LogP contribution is -2.65. The molecule has 1 fully saturated rings. The molecule has 19 heavy (non-hydrogen) atoms. The maximum absolute atomic E-state index is 5.62. The van der Waals surface area contributed by atoms with E-state index in [-0.39, 0.29) is 11.0 Å². The molecule has 0 aliphatic carbocycles. The van der Waals surface area contributed by atoms with Gasteiger partial charge in [-0.15, -0.1) is 0 Å². The molecular formula is C16H25NO2. The van der Waals surface area contributed by atoms with Crippen molar-refractivity contribution < 1.29 is 9.47 Å². The van der Waals surface area contributed by atoms with Gasteiger partial charge in [0, 0.05) is 5.54 Å². The zero-order chi connectivity index (χ0) is 14.1. The molecule has 1 heterocycles. The summed E-state index contributed by atoms with van der Waals surface area (Å²) in [5.74, 6) is 0.976. The van der Waals surface area contributed by atoms with Crippen LogP contribution in [0.15, 0.2) is 18.2 Å². The molecule has 0 radical (unpaired) electrons. The van der Waals surface area contributed by atoms with Crippen molar-refractivity contribution in [3.63, 3.8) is 0 Å². The van der Waals surface area contributed by atoms with E-state index in [1.54, 1.807) is 0 Å². The highest BCUT2D eigenvalue weighted by Crippen LogP contribution is 2.42. The number of nitrogens with one attached hydrogen (secondary N) is 1. The van der Waals surface area contributed by atoms with Crippen LogP contribution in [0.5, 0.6) is 5.75 Å². The summed E-state index contributed by atoms with van der Waals surface area (Å²) in [4.78, 5) is 0. The summed E-state index contributed by atoms with van der Waals surface area (Å²) in [6.45, 7) is 10.8. The maximum atomic E-state index is 5.62. The third-order valence-corrected chi connectivity index (χ3v) is 4.55. The highest BCUT2D eigenvalue weighted by Gasteiger charge is 2.51. The average Bonchev–Trinajstić information content (AvgIpc) is 2.31. The van der Waals surface area contributed by atoms with E-state index in [1.165, 1.54) is 11.1 Å². The number of benzene rings is 1. The first-order valence-electron chi connectivity index (χ1n) is 6.97. The Kier molecular flexibility index (Phi) is 3.88. The van der Waals surface area contributed by atoms with Gasteiger partial charge < -0.3 is 14.8 Å². The van der Waals surface area contributed by atoms with Gasteiger partial charge in [0.15, 0.2) is 0 Å². The highest BCUT2D eigenvalue weighted by atomic mass is 16.5. The summed E-state index contributed by atoms with van der Waals surface area (Å²) in [6, 6.07) is 6.51. The quantitative estimate of drug-likeness (QED) is 0.886. The van der Waals surface area contributed by atoms with Gasteiger partial charge in [0.1, 0.15) is 5.75 Å². The minimum absolute atomic E-state index is 0.00478. The second-order valence-electron chi connectivity index (χ2n) is 5.86. The molecule has 3 heteroatoms. The van der Waals surface area contributed by atoms with Gasteiger partial charge in [0.25, 0.3) is 0 Å². The number of hydrogen-bond acceptors (Lipinski definition) is 3. The summed E-state index contributed by atoms with van der Waals surface area (Å²) in [7, 11) is 2.02. The maximum Gasteiger partial charge on any atom is 0.122 e. The summed E-state index contributed by atoms with van der Waals surface area (Å²) in [5, 5.41) is 3.43. The van der Waals surface area contributed by atoms with E-state index in [1.807, 2.05) is 14.0 Å². The molecule has 0 saturated carbocycles. The first-order chi connectivity index (χ1) is 8.97. The molecule has 0 bridgehead atoms. The molecule has 0 aromatic heterocycles. The Labute approximate surface area is 116 Å². The fourth-order valence-electron chi connectivity index (χ4n) is 2.70. The van der Waals surface area contributed by atoms with Crippen LogP contribution in [-0.4, -0.2) is 32.4 Å². The average molecular weight is 263 g/mol. The Balaban J connectivity index is 2.37. The Morgan fingerprint density at radius 2 is 2.05 bits per heavy atom. The SMILES string of the molecule is CCOc1ccc(C2(C(C)(C)NC)COC2)cc1C. The molecule has 3 nitrogen and oxygen atoms in total. The van der Waals surface area contributed by atoms with Crippen LogP contribution in [0, 0.1) is 6.92 Å². The standard InChI is InChI=1S/C16H25NO2/c1-6-19-14-8-7-13(9-12(14)2)16(10-18-11-16)15(3,4)17-5/h7-9,17H,6,10-11H2,1-5H3. The summed E-state index contributed by atoms with van der Waals surface area (Å²) < 4.78 is 11.1. The van der Waals surface area contributed by atoms with Crippen molar-refractivity contribution in [2.75, 3.05) is 26.9 Å². The van der Waals surface area contributed by atoms with Gasteiger partial charge in [-0.2, -0.15) is 0 Å². The fourth-order valence-corrected chi connectivity index (χ4v) is 2.70. The Morgan fingerprint density at radius 3 is 2.47 bits per heavy atom. The van der Waals surface area contributed by atoms with Crippen LogP contribution >= 0.6 is 0 Å². The lowest BCUT2D eigenvalue weighted by molar-refractivity contribution is -0.0991. The van der Waals surface area contributed by atoms with Gasteiger partial charge in [0.2, 0.25) is 0 Å². The molecule has 1 aliphatic rings. The molecule has 0 spiro atoms. The molecule has 1 aromatic carbocycles. The van der Waals surface area contributed by atoms with Crippen LogP contribution in [-0.2, 0) is 10.2 Å². The zero-order valence-electron chi connectivity index (χ0n) is 12.7. The smallest absolute Gasteiger partial charge is 0.122 e. The summed E-state index contributed by atoms with van der Waals surface area (Å²) >= 11 is 0. The molecule has 106 valence electrons. The second kappa shape index (κ2) is 5.14. The Hall–Kier alpha value is -1.06. The van der Waals surface area contributed by atoms with Crippen molar-refractivity contribution in [2.24, 2.45) is 0 Å². The van der Waals surface area contributed by atoms with Crippen LogP contribution in [0.4, 0.5) is 0 Å². The largest absolute Gasteiger partial charge is 0.494 e. The lowest BCUT2D eigenvalue weighted by atomic mass is 9.65.